The van der Waals surface area contributed by atoms with E-state index >= 15 is 0 Å². The van der Waals surface area contributed by atoms with Crippen LogP contribution in [0.2, 0.25) is 0 Å². The molecule has 4 rings (SSSR count). The van der Waals surface area contributed by atoms with Crippen LogP contribution >= 0.6 is 15.9 Å². The molecule has 2 aromatic carbocycles. The number of nitrogens with one attached hydrogen (secondary N) is 1. The quantitative estimate of drug-likeness (QED) is 0.704. The van der Waals surface area contributed by atoms with Gasteiger partial charge in [0.05, 0.1) is 10.9 Å². The van der Waals surface area contributed by atoms with Crippen LogP contribution in [0.5, 0.6) is 17.4 Å². The van der Waals surface area contributed by atoms with Crippen LogP contribution in [0.4, 0.5) is 5.69 Å². The first-order valence-electron chi connectivity index (χ1n) is 7.91. The smallest absolute Gasteiger partial charge is 0.262 e. The van der Waals surface area contributed by atoms with Gasteiger partial charge in [-0.15, -0.1) is 0 Å². The SMILES string of the molecule is O=C(COc1ncnc2ccc(Br)cc12)Nc1ccc2c(c1)OCCO2. The van der Waals surface area contributed by atoms with Crippen molar-refractivity contribution in [2.75, 3.05) is 25.1 Å². The molecule has 0 radical (unpaired) electrons. The first kappa shape index (κ1) is 16.6. The van der Waals surface area contributed by atoms with E-state index in [-0.39, 0.29) is 12.5 Å². The van der Waals surface area contributed by atoms with E-state index in [0.29, 0.717) is 36.3 Å². The predicted molar refractivity (Wildman–Crippen MR) is 98.8 cm³/mol. The number of rotatable bonds is 4. The third-order valence-corrected chi connectivity index (χ3v) is 4.22. The van der Waals surface area contributed by atoms with Gasteiger partial charge in [-0.2, -0.15) is 0 Å². The summed E-state index contributed by atoms with van der Waals surface area (Å²) in [4.78, 5) is 20.5. The number of nitrogens with zero attached hydrogens (tertiary/aromatic N) is 2. The van der Waals surface area contributed by atoms with E-state index in [2.05, 4.69) is 31.2 Å². The lowest BCUT2D eigenvalue weighted by molar-refractivity contribution is -0.118. The van der Waals surface area contributed by atoms with Crippen LogP contribution in [-0.4, -0.2) is 35.7 Å². The van der Waals surface area contributed by atoms with E-state index in [1.165, 1.54) is 6.33 Å². The Bertz CT molecular complexity index is 980. The zero-order valence-electron chi connectivity index (χ0n) is 13.6. The van der Waals surface area contributed by atoms with Crippen LogP contribution in [0, 0.1) is 0 Å². The van der Waals surface area contributed by atoms with Crippen molar-refractivity contribution in [1.82, 2.24) is 9.97 Å². The Balaban J connectivity index is 1.44. The second kappa shape index (κ2) is 7.17. The lowest BCUT2D eigenvalue weighted by Gasteiger charge is -2.19. The zero-order chi connectivity index (χ0) is 17.9. The van der Waals surface area contributed by atoms with Crippen molar-refractivity contribution >= 4 is 38.4 Å². The molecule has 0 spiro atoms. The Morgan fingerprint density at radius 2 is 1.96 bits per heavy atom. The molecule has 132 valence electrons. The van der Waals surface area contributed by atoms with Crippen LogP contribution < -0.4 is 19.5 Å². The van der Waals surface area contributed by atoms with E-state index in [1.807, 2.05) is 18.2 Å². The summed E-state index contributed by atoms with van der Waals surface area (Å²) in [6, 6.07) is 10.8. The van der Waals surface area contributed by atoms with Crippen molar-refractivity contribution in [3.63, 3.8) is 0 Å². The van der Waals surface area contributed by atoms with Crippen LogP contribution in [0.1, 0.15) is 0 Å². The third kappa shape index (κ3) is 3.55. The molecule has 0 atom stereocenters. The number of amides is 1. The molecule has 2 heterocycles. The highest BCUT2D eigenvalue weighted by atomic mass is 79.9. The maximum absolute atomic E-state index is 12.2. The second-order valence-electron chi connectivity index (χ2n) is 5.54. The fraction of sp³-hybridized carbons (Fsp3) is 0.167. The van der Waals surface area contributed by atoms with Crippen LogP contribution in [-0.2, 0) is 4.79 Å². The number of fused-ring (bicyclic) bond motifs is 2. The van der Waals surface area contributed by atoms with Gasteiger partial charge in [0.25, 0.3) is 5.91 Å². The fourth-order valence-corrected chi connectivity index (χ4v) is 2.93. The molecule has 0 fully saturated rings. The molecule has 7 nitrogen and oxygen atoms in total. The van der Waals surface area contributed by atoms with Gasteiger partial charge in [0.15, 0.2) is 18.1 Å². The van der Waals surface area contributed by atoms with E-state index in [4.69, 9.17) is 14.2 Å². The molecule has 0 bridgehead atoms. The van der Waals surface area contributed by atoms with Gasteiger partial charge in [-0.1, -0.05) is 15.9 Å². The molecule has 1 aromatic heterocycles. The number of aromatic nitrogens is 2. The largest absolute Gasteiger partial charge is 0.486 e. The molecular formula is C18H14BrN3O4. The van der Waals surface area contributed by atoms with E-state index in [9.17, 15) is 4.79 Å². The lowest BCUT2D eigenvalue weighted by Crippen LogP contribution is -2.21. The fourth-order valence-electron chi connectivity index (χ4n) is 2.57. The monoisotopic (exact) mass is 415 g/mol. The highest BCUT2D eigenvalue weighted by Crippen LogP contribution is 2.32. The van der Waals surface area contributed by atoms with Gasteiger partial charge in [0.1, 0.15) is 19.5 Å². The topological polar surface area (TPSA) is 82.6 Å². The summed E-state index contributed by atoms with van der Waals surface area (Å²) in [5.74, 6) is 1.34. The molecule has 0 aliphatic carbocycles. The Morgan fingerprint density at radius 3 is 2.85 bits per heavy atom. The highest BCUT2D eigenvalue weighted by Gasteiger charge is 2.13. The molecule has 1 aliphatic rings. The van der Waals surface area contributed by atoms with Crippen molar-refractivity contribution in [3.8, 4) is 17.4 Å². The van der Waals surface area contributed by atoms with Gasteiger partial charge in [-0.25, -0.2) is 9.97 Å². The summed E-state index contributed by atoms with van der Waals surface area (Å²) in [5, 5.41) is 3.50. The van der Waals surface area contributed by atoms with Gasteiger partial charge in [-0.3, -0.25) is 4.79 Å². The molecule has 0 unspecified atom stereocenters. The summed E-state index contributed by atoms with van der Waals surface area (Å²) in [5.41, 5.74) is 1.35. The van der Waals surface area contributed by atoms with Gasteiger partial charge in [0.2, 0.25) is 5.88 Å². The number of carbonyl (C=O) groups excluding carboxylic acids is 1. The standard InChI is InChI=1S/C18H14BrN3O4/c19-11-1-3-14-13(7-11)18(21-10-20-14)26-9-17(23)22-12-2-4-15-16(8-12)25-6-5-24-15/h1-4,7-8,10H,5-6,9H2,(H,22,23). The normalized spacial score (nSPS) is 12.7. The number of benzene rings is 2. The van der Waals surface area contributed by atoms with Crippen LogP contribution in [0.15, 0.2) is 47.2 Å². The molecule has 1 aliphatic heterocycles. The first-order valence-corrected chi connectivity index (χ1v) is 8.71. The average Bonchev–Trinajstić information content (AvgIpc) is 2.66. The molecular weight excluding hydrogens is 402 g/mol. The molecule has 26 heavy (non-hydrogen) atoms. The number of hydrogen-bond acceptors (Lipinski definition) is 6. The van der Waals surface area contributed by atoms with Crippen molar-refractivity contribution in [1.29, 1.82) is 0 Å². The van der Waals surface area contributed by atoms with Crippen molar-refractivity contribution in [2.45, 2.75) is 0 Å². The maximum atomic E-state index is 12.2. The Kier molecular flexibility index (Phi) is 4.57. The van der Waals surface area contributed by atoms with Gasteiger partial charge >= 0.3 is 0 Å². The number of anilines is 1. The third-order valence-electron chi connectivity index (χ3n) is 3.73. The second-order valence-corrected chi connectivity index (χ2v) is 6.45. The number of carbonyl (C=O) groups is 1. The minimum atomic E-state index is -0.302. The molecule has 1 amide bonds. The van der Waals surface area contributed by atoms with E-state index in [1.54, 1.807) is 18.2 Å². The molecule has 0 saturated heterocycles. The minimum absolute atomic E-state index is 0.174. The summed E-state index contributed by atoms with van der Waals surface area (Å²) in [6.45, 7) is 0.840. The summed E-state index contributed by atoms with van der Waals surface area (Å²) in [7, 11) is 0. The van der Waals surface area contributed by atoms with Crippen LogP contribution in [0.3, 0.4) is 0 Å². The average molecular weight is 416 g/mol. The Morgan fingerprint density at radius 1 is 1.12 bits per heavy atom. The van der Waals surface area contributed by atoms with Crippen molar-refractivity contribution in [2.24, 2.45) is 0 Å². The summed E-state index contributed by atoms with van der Waals surface area (Å²) in [6.07, 6.45) is 1.41. The number of ether oxygens (including phenoxy) is 3. The summed E-state index contributed by atoms with van der Waals surface area (Å²) >= 11 is 3.41. The van der Waals surface area contributed by atoms with E-state index in [0.717, 1.165) is 15.4 Å². The van der Waals surface area contributed by atoms with Crippen LogP contribution in [0.25, 0.3) is 10.9 Å². The lowest BCUT2D eigenvalue weighted by atomic mass is 10.2. The zero-order valence-corrected chi connectivity index (χ0v) is 15.2. The number of halogens is 1. The van der Waals surface area contributed by atoms with Crippen molar-refractivity contribution in [3.05, 3.63) is 47.2 Å². The Labute approximate surface area is 157 Å². The Hall–Kier alpha value is -2.87. The van der Waals surface area contributed by atoms with Gasteiger partial charge in [0, 0.05) is 16.2 Å². The van der Waals surface area contributed by atoms with Gasteiger partial charge < -0.3 is 19.5 Å². The number of hydrogen-bond donors (Lipinski definition) is 1. The van der Waals surface area contributed by atoms with E-state index < -0.39 is 0 Å². The molecule has 3 aromatic rings. The van der Waals surface area contributed by atoms with Gasteiger partial charge in [-0.05, 0) is 30.3 Å². The predicted octanol–water partition coefficient (Wildman–Crippen LogP) is 3.18. The molecule has 1 N–H and O–H groups in total. The maximum Gasteiger partial charge on any atom is 0.262 e. The summed E-state index contributed by atoms with van der Waals surface area (Å²) < 4.78 is 17.4. The molecule has 8 heteroatoms. The minimum Gasteiger partial charge on any atom is -0.486 e. The van der Waals surface area contributed by atoms with Crippen molar-refractivity contribution < 1.29 is 19.0 Å². The first-order chi connectivity index (χ1) is 12.7. The highest BCUT2D eigenvalue weighted by molar-refractivity contribution is 9.10. The molecule has 0 saturated carbocycles.